The van der Waals surface area contributed by atoms with Crippen LogP contribution in [0, 0.1) is 11.3 Å². The van der Waals surface area contributed by atoms with Crippen LogP contribution in [-0.2, 0) is 0 Å². The van der Waals surface area contributed by atoms with Crippen molar-refractivity contribution >= 4 is 0 Å². The highest BCUT2D eigenvalue weighted by Gasteiger charge is 2.08. The van der Waals surface area contributed by atoms with Gasteiger partial charge in [-0.25, -0.2) is 0 Å². The Morgan fingerprint density at radius 1 is 1.57 bits per heavy atom. The van der Waals surface area contributed by atoms with Gasteiger partial charge in [0.25, 0.3) is 0 Å². The van der Waals surface area contributed by atoms with Crippen molar-refractivity contribution in [1.29, 1.82) is 5.26 Å². The summed E-state index contributed by atoms with van der Waals surface area (Å²) in [6, 6.07) is 7.38. The molecule has 1 rings (SSSR count). The van der Waals surface area contributed by atoms with Crippen molar-refractivity contribution < 1.29 is 9.84 Å². The van der Waals surface area contributed by atoms with Gasteiger partial charge < -0.3 is 9.84 Å². The molecule has 0 amide bonds. The van der Waals surface area contributed by atoms with Gasteiger partial charge >= 0.3 is 0 Å². The summed E-state index contributed by atoms with van der Waals surface area (Å²) in [5.74, 6) is 0.627. The van der Waals surface area contributed by atoms with Crippen LogP contribution in [0.25, 0.3) is 0 Å². The zero-order valence-electron chi connectivity index (χ0n) is 8.32. The molecule has 0 aliphatic heterocycles. The molecule has 0 aliphatic carbocycles. The molecule has 1 N–H and O–H groups in total. The molecule has 1 aromatic carbocycles. The van der Waals surface area contributed by atoms with Gasteiger partial charge in [-0.15, -0.1) is 0 Å². The summed E-state index contributed by atoms with van der Waals surface area (Å²) in [5, 5.41) is 17.7. The fraction of sp³-hybridized carbons (Fsp3) is 0.364. The van der Waals surface area contributed by atoms with E-state index in [0.717, 1.165) is 5.56 Å². The van der Waals surface area contributed by atoms with E-state index in [9.17, 15) is 0 Å². The minimum atomic E-state index is 0.0663. The van der Waals surface area contributed by atoms with E-state index in [1.807, 2.05) is 19.1 Å². The maximum Gasteiger partial charge on any atom is 0.136 e. The molecule has 0 aromatic heterocycles. The van der Waals surface area contributed by atoms with Gasteiger partial charge in [0.1, 0.15) is 11.8 Å². The van der Waals surface area contributed by atoms with Gasteiger partial charge in [-0.05, 0) is 17.7 Å². The Bertz CT molecular complexity index is 355. The highest BCUT2D eigenvalue weighted by atomic mass is 16.5. The van der Waals surface area contributed by atoms with E-state index in [1.165, 1.54) is 7.11 Å². The Morgan fingerprint density at radius 3 is 2.79 bits per heavy atom. The van der Waals surface area contributed by atoms with Gasteiger partial charge in [0.05, 0.1) is 12.7 Å². The molecule has 0 saturated heterocycles. The first kappa shape index (κ1) is 10.6. The minimum absolute atomic E-state index is 0.0663. The number of nitrogens with zero attached hydrogens (tertiary/aromatic N) is 1. The SMILES string of the molecule is COc1cc([C@H](C)CO)ccc1C#N. The number of hydrogen-bond acceptors (Lipinski definition) is 3. The lowest BCUT2D eigenvalue weighted by atomic mass is 10.0. The number of aliphatic hydroxyl groups excluding tert-OH is 1. The van der Waals surface area contributed by atoms with Crippen LogP contribution in [0.4, 0.5) is 0 Å². The Labute approximate surface area is 83.6 Å². The molecular weight excluding hydrogens is 178 g/mol. The molecule has 1 atom stereocenters. The van der Waals surface area contributed by atoms with Crippen LogP contribution in [0.3, 0.4) is 0 Å². The Morgan fingerprint density at radius 2 is 2.29 bits per heavy atom. The molecule has 0 spiro atoms. The average molecular weight is 191 g/mol. The van der Waals surface area contributed by atoms with Crippen LogP contribution in [-0.4, -0.2) is 18.8 Å². The van der Waals surface area contributed by atoms with E-state index < -0.39 is 0 Å². The molecule has 0 heterocycles. The van der Waals surface area contributed by atoms with E-state index in [-0.39, 0.29) is 12.5 Å². The number of rotatable bonds is 3. The first-order valence-corrected chi connectivity index (χ1v) is 4.41. The molecule has 0 aliphatic rings. The largest absolute Gasteiger partial charge is 0.495 e. The summed E-state index contributed by atoms with van der Waals surface area (Å²) in [5.41, 5.74) is 1.49. The zero-order chi connectivity index (χ0) is 10.6. The zero-order valence-corrected chi connectivity index (χ0v) is 8.32. The van der Waals surface area contributed by atoms with E-state index in [2.05, 4.69) is 0 Å². The second-order valence-corrected chi connectivity index (χ2v) is 3.16. The maximum absolute atomic E-state index is 8.97. The predicted molar refractivity (Wildman–Crippen MR) is 53.2 cm³/mol. The lowest BCUT2D eigenvalue weighted by molar-refractivity contribution is 0.273. The van der Waals surface area contributed by atoms with E-state index in [4.69, 9.17) is 15.1 Å². The van der Waals surface area contributed by atoms with Gasteiger partial charge in [-0.2, -0.15) is 5.26 Å². The van der Waals surface area contributed by atoms with Crippen molar-refractivity contribution in [2.24, 2.45) is 0 Å². The molecule has 3 heteroatoms. The molecule has 0 saturated carbocycles. The van der Waals surface area contributed by atoms with Crippen molar-refractivity contribution in [2.45, 2.75) is 12.8 Å². The number of aliphatic hydroxyl groups is 1. The Kier molecular flexibility index (Phi) is 3.49. The molecular formula is C11H13NO2. The molecule has 0 fully saturated rings. The second-order valence-electron chi connectivity index (χ2n) is 3.16. The standard InChI is InChI=1S/C11H13NO2/c1-8(7-13)9-3-4-10(6-12)11(5-9)14-2/h3-5,8,13H,7H2,1-2H3/t8-/m1/s1. The third-order valence-electron chi connectivity index (χ3n) is 2.19. The van der Waals surface area contributed by atoms with Crippen LogP contribution in [0.15, 0.2) is 18.2 Å². The van der Waals surface area contributed by atoms with E-state index in [0.29, 0.717) is 11.3 Å². The highest BCUT2D eigenvalue weighted by Crippen LogP contribution is 2.23. The smallest absolute Gasteiger partial charge is 0.136 e. The summed E-state index contributed by atoms with van der Waals surface area (Å²) in [4.78, 5) is 0. The normalized spacial score (nSPS) is 11.9. The summed E-state index contributed by atoms with van der Waals surface area (Å²) in [6.07, 6.45) is 0. The fourth-order valence-corrected chi connectivity index (χ4v) is 1.21. The lowest BCUT2D eigenvalue weighted by Gasteiger charge is -2.10. The predicted octanol–water partition coefficient (Wildman–Crippen LogP) is 1.66. The van der Waals surface area contributed by atoms with Gasteiger partial charge in [0, 0.05) is 12.5 Å². The van der Waals surface area contributed by atoms with Crippen LogP contribution >= 0.6 is 0 Å². The van der Waals surface area contributed by atoms with E-state index in [1.54, 1.807) is 12.1 Å². The van der Waals surface area contributed by atoms with Crippen molar-refractivity contribution in [1.82, 2.24) is 0 Å². The summed E-state index contributed by atoms with van der Waals surface area (Å²) in [7, 11) is 1.53. The van der Waals surface area contributed by atoms with Crippen LogP contribution in [0.5, 0.6) is 5.75 Å². The van der Waals surface area contributed by atoms with Gasteiger partial charge in [-0.3, -0.25) is 0 Å². The minimum Gasteiger partial charge on any atom is -0.495 e. The molecule has 3 nitrogen and oxygen atoms in total. The lowest BCUT2D eigenvalue weighted by Crippen LogP contribution is -2.00. The number of methoxy groups -OCH3 is 1. The number of nitriles is 1. The Hall–Kier alpha value is -1.53. The third kappa shape index (κ3) is 2.04. The topological polar surface area (TPSA) is 53.2 Å². The molecule has 0 unspecified atom stereocenters. The number of hydrogen-bond donors (Lipinski definition) is 1. The van der Waals surface area contributed by atoms with Crippen LogP contribution in [0.2, 0.25) is 0 Å². The molecule has 74 valence electrons. The summed E-state index contributed by atoms with van der Waals surface area (Å²) >= 11 is 0. The van der Waals surface area contributed by atoms with Crippen molar-refractivity contribution in [2.75, 3.05) is 13.7 Å². The summed E-state index contributed by atoms with van der Waals surface area (Å²) in [6.45, 7) is 2.01. The van der Waals surface area contributed by atoms with Gasteiger partial charge in [0.2, 0.25) is 0 Å². The summed E-state index contributed by atoms with van der Waals surface area (Å²) < 4.78 is 5.07. The van der Waals surface area contributed by atoms with Gasteiger partial charge in [-0.1, -0.05) is 13.0 Å². The molecule has 0 radical (unpaired) electrons. The first-order chi connectivity index (χ1) is 6.72. The molecule has 14 heavy (non-hydrogen) atoms. The Balaban J connectivity index is 3.09. The van der Waals surface area contributed by atoms with Crippen molar-refractivity contribution in [3.63, 3.8) is 0 Å². The van der Waals surface area contributed by atoms with Crippen LogP contribution in [0.1, 0.15) is 24.0 Å². The third-order valence-corrected chi connectivity index (χ3v) is 2.19. The second kappa shape index (κ2) is 4.64. The van der Waals surface area contributed by atoms with Gasteiger partial charge in [0.15, 0.2) is 0 Å². The molecule has 0 bridgehead atoms. The van der Waals surface area contributed by atoms with Crippen molar-refractivity contribution in [3.8, 4) is 11.8 Å². The van der Waals surface area contributed by atoms with Crippen LogP contribution < -0.4 is 4.74 Å². The number of benzene rings is 1. The van der Waals surface area contributed by atoms with Crippen molar-refractivity contribution in [3.05, 3.63) is 29.3 Å². The quantitative estimate of drug-likeness (QED) is 0.790. The number of ether oxygens (including phenoxy) is 1. The first-order valence-electron chi connectivity index (χ1n) is 4.41. The maximum atomic E-state index is 8.97. The monoisotopic (exact) mass is 191 g/mol. The van der Waals surface area contributed by atoms with E-state index >= 15 is 0 Å². The molecule has 1 aromatic rings. The highest BCUT2D eigenvalue weighted by molar-refractivity contribution is 5.45. The fourth-order valence-electron chi connectivity index (χ4n) is 1.21. The average Bonchev–Trinajstić information content (AvgIpc) is 2.26.